The van der Waals surface area contributed by atoms with Crippen LogP contribution in [-0.4, -0.2) is 35.7 Å². The number of hydrogen-bond acceptors (Lipinski definition) is 5. The smallest absolute Gasteiger partial charge is 0.416 e. The molecule has 5 aliphatic carbocycles. The van der Waals surface area contributed by atoms with Gasteiger partial charge in [0.05, 0.1) is 29.4 Å². The van der Waals surface area contributed by atoms with Crippen molar-refractivity contribution in [3.8, 4) is 0 Å². The Balaban J connectivity index is 1.21. The Kier molecular flexibility index (Phi) is 10.3. The molecule has 0 bridgehead atoms. The number of alkyl halides is 3. The van der Waals surface area contributed by atoms with E-state index in [2.05, 4.69) is 48.1 Å². The number of halogens is 3. The third-order valence-corrected chi connectivity index (χ3v) is 16.7. The maximum absolute atomic E-state index is 14.4. The second-order valence-corrected chi connectivity index (χ2v) is 20.1. The van der Waals surface area contributed by atoms with Crippen LogP contribution in [0.5, 0.6) is 0 Å². The molecule has 6 nitrogen and oxygen atoms in total. The molecule has 0 aliphatic heterocycles. The molecule has 0 unspecified atom stereocenters. The molecule has 9 heteroatoms. The van der Waals surface area contributed by atoms with Gasteiger partial charge in [-0.25, -0.2) is 0 Å². The normalized spacial score (nSPS) is 38.6. The number of benzene rings is 1. The van der Waals surface area contributed by atoms with Crippen LogP contribution in [0.15, 0.2) is 36.4 Å². The zero-order valence-electron chi connectivity index (χ0n) is 33.8. The summed E-state index contributed by atoms with van der Waals surface area (Å²) in [7, 11) is 0. The molecule has 10 atom stereocenters. The highest BCUT2D eigenvalue weighted by Gasteiger charge is 2.72. The van der Waals surface area contributed by atoms with Crippen molar-refractivity contribution in [3.63, 3.8) is 0 Å². The first-order chi connectivity index (χ1) is 24.9. The second-order valence-electron chi connectivity index (χ2n) is 20.1. The number of fused-ring (bicyclic) bond motifs is 7. The topological polar surface area (TPSA) is 89.9 Å². The van der Waals surface area contributed by atoms with Crippen molar-refractivity contribution >= 4 is 17.9 Å². The Morgan fingerprint density at radius 1 is 0.889 bits per heavy atom. The van der Waals surface area contributed by atoms with E-state index in [9.17, 15) is 32.7 Å². The average molecular weight is 757 g/mol. The van der Waals surface area contributed by atoms with Gasteiger partial charge in [-0.3, -0.25) is 14.4 Å². The molecule has 5 aliphatic rings. The zero-order valence-corrected chi connectivity index (χ0v) is 33.8. The van der Waals surface area contributed by atoms with Crippen molar-refractivity contribution in [1.29, 1.82) is 0 Å². The largest absolute Gasteiger partial charge is 0.481 e. The SMILES string of the molecule is C=C(C)[C@@H]1CC[C@]2(C(=O)OCCc3cccc(C(F)(F)F)c3)CC[C@]3(C)[C@H](CC[C@@H]4[C@@]5(C)CC[C@H](OC(=O)CC(C)(C)C(=O)O)C(C)(C)[C@@H]5CC[C@]43C)[C@@H]12. The fourth-order valence-electron chi connectivity index (χ4n) is 13.6. The van der Waals surface area contributed by atoms with Crippen LogP contribution in [0.25, 0.3) is 0 Å². The van der Waals surface area contributed by atoms with Crippen LogP contribution in [0.1, 0.15) is 137 Å². The van der Waals surface area contributed by atoms with Gasteiger partial charge in [-0.1, -0.05) is 65.0 Å². The summed E-state index contributed by atoms with van der Waals surface area (Å²) < 4.78 is 52.2. The van der Waals surface area contributed by atoms with Crippen molar-refractivity contribution in [1.82, 2.24) is 0 Å². The number of carbonyl (C=O) groups is 3. The Morgan fingerprint density at radius 3 is 2.24 bits per heavy atom. The van der Waals surface area contributed by atoms with Gasteiger partial charge in [-0.2, -0.15) is 13.2 Å². The molecule has 0 radical (unpaired) electrons. The molecule has 0 spiro atoms. The number of ether oxygens (including phenoxy) is 2. The highest BCUT2D eigenvalue weighted by molar-refractivity contribution is 5.81. The monoisotopic (exact) mass is 756 g/mol. The third-order valence-electron chi connectivity index (χ3n) is 16.7. The predicted octanol–water partition coefficient (Wildman–Crippen LogP) is 10.9. The minimum Gasteiger partial charge on any atom is -0.481 e. The van der Waals surface area contributed by atoms with Gasteiger partial charge < -0.3 is 14.6 Å². The minimum atomic E-state index is -4.42. The number of carboxylic acids is 1. The first-order valence-electron chi connectivity index (χ1n) is 20.4. The Morgan fingerprint density at radius 2 is 1.59 bits per heavy atom. The molecule has 0 aromatic heterocycles. The van der Waals surface area contributed by atoms with Gasteiger partial charge in [-0.15, -0.1) is 0 Å². The lowest BCUT2D eigenvalue weighted by atomic mass is 9.32. The molecule has 0 heterocycles. The van der Waals surface area contributed by atoms with Crippen LogP contribution in [0, 0.1) is 62.1 Å². The third kappa shape index (κ3) is 6.43. The summed E-state index contributed by atoms with van der Waals surface area (Å²) in [6.07, 6.45) is 4.57. The second kappa shape index (κ2) is 13.7. The number of esters is 2. The van der Waals surface area contributed by atoms with Crippen molar-refractivity contribution < 1.29 is 42.1 Å². The molecule has 5 fully saturated rings. The lowest BCUT2D eigenvalue weighted by Crippen LogP contribution is -2.67. The van der Waals surface area contributed by atoms with Gasteiger partial charge in [0.15, 0.2) is 0 Å². The van der Waals surface area contributed by atoms with Gasteiger partial charge in [0, 0.05) is 11.8 Å². The van der Waals surface area contributed by atoms with Gasteiger partial charge in [-0.05, 0) is 142 Å². The zero-order chi connectivity index (χ0) is 39.9. The van der Waals surface area contributed by atoms with E-state index >= 15 is 0 Å². The van der Waals surface area contributed by atoms with Crippen molar-refractivity contribution in [2.75, 3.05) is 6.61 Å². The molecule has 0 amide bonds. The maximum Gasteiger partial charge on any atom is 0.416 e. The molecule has 1 aromatic rings. The van der Waals surface area contributed by atoms with E-state index in [0.29, 0.717) is 23.3 Å². The van der Waals surface area contributed by atoms with Crippen LogP contribution < -0.4 is 0 Å². The number of carbonyl (C=O) groups excluding carboxylic acids is 2. The van der Waals surface area contributed by atoms with Gasteiger partial charge in [0.2, 0.25) is 0 Å². The highest BCUT2D eigenvalue weighted by Crippen LogP contribution is 2.77. The summed E-state index contributed by atoms with van der Waals surface area (Å²) in [5.74, 6) is -0.197. The molecule has 1 aromatic carbocycles. The average Bonchev–Trinajstić information content (AvgIpc) is 3.47. The molecule has 54 heavy (non-hydrogen) atoms. The van der Waals surface area contributed by atoms with Gasteiger partial charge in [0.1, 0.15) is 6.10 Å². The van der Waals surface area contributed by atoms with E-state index in [-0.39, 0.29) is 65.0 Å². The number of aliphatic carboxylic acids is 1. The Labute approximate surface area is 320 Å². The van der Waals surface area contributed by atoms with Gasteiger partial charge >= 0.3 is 24.1 Å². The molecule has 300 valence electrons. The maximum atomic E-state index is 14.4. The summed E-state index contributed by atoms with van der Waals surface area (Å²) >= 11 is 0. The molecule has 1 N–H and O–H groups in total. The number of rotatable bonds is 9. The van der Waals surface area contributed by atoms with E-state index in [1.807, 2.05) is 0 Å². The van der Waals surface area contributed by atoms with E-state index in [1.54, 1.807) is 19.9 Å². The van der Waals surface area contributed by atoms with Crippen LogP contribution in [0.3, 0.4) is 0 Å². The number of allylic oxidation sites excluding steroid dienone is 1. The van der Waals surface area contributed by atoms with Crippen LogP contribution in [-0.2, 0) is 36.5 Å². The number of hydrogen-bond donors (Lipinski definition) is 1. The molecular formula is C45H63F3O6. The van der Waals surface area contributed by atoms with Crippen LogP contribution >= 0.6 is 0 Å². The summed E-state index contributed by atoms with van der Waals surface area (Å²) in [5, 5.41) is 9.60. The first kappa shape index (κ1) is 40.8. The summed E-state index contributed by atoms with van der Waals surface area (Å²) in [5.41, 5.74) is -1.09. The van der Waals surface area contributed by atoms with E-state index in [1.165, 1.54) is 6.07 Å². The summed E-state index contributed by atoms with van der Waals surface area (Å²) in [6, 6.07) is 5.27. The number of carboxylic acid groups (broad SMARTS) is 1. The van der Waals surface area contributed by atoms with Crippen LogP contribution in [0.2, 0.25) is 0 Å². The lowest BCUT2D eigenvalue weighted by molar-refractivity contribution is -0.251. The molecule has 6 rings (SSSR count). The van der Waals surface area contributed by atoms with E-state index < -0.39 is 34.5 Å². The lowest BCUT2D eigenvalue weighted by Gasteiger charge is -2.72. The Hall–Kier alpha value is -2.84. The van der Waals surface area contributed by atoms with Crippen molar-refractivity contribution in [2.24, 2.45) is 62.1 Å². The van der Waals surface area contributed by atoms with Crippen molar-refractivity contribution in [3.05, 3.63) is 47.5 Å². The standard InChI is InChI=1S/C45H63F3O6/c1-27(2)30-15-21-44(38(52)53-24-18-28-11-10-12-29(25-28)45(46,47)48)23-22-42(8)31(36(30)44)13-14-33-41(7)19-17-34(54-35(49)26-39(3,4)37(50)51)40(5,6)32(41)16-20-43(33,42)9/h10-12,25,30-34,36H,1,13-24,26H2,2-9H3,(H,50,51)/t30-,31+,32-,33+,34-,36+,41-,42+,43+,44-/m0/s1. The van der Waals surface area contributed by atoms with Crippen LogP contribution in [0.4, 0.5) is 13.2 Å². The summed E-state index contributed by atoms with van der Waals surface area (Å²) in [6.45, 7) is 21.7. The quantitative estimate of drug-likeness (QED) is 0.199. The molecule has 5 saturated carbocycles. The fourth-order valence-corrected chi connectivity index (χ4v) is 13.6. The molecular weight excluding hydrogens is 693 g/mol. The molecule has 0 saturated heterocycles. The van der Waals surface area contributed by atoms with Gasteiger partial charge in [0.25, 0.3) is 0 Å². The predicted molar refractivity (Wildman–Crippen MR) is 201 cm³/mol. The fraction of sp³-hybridized carbons (Fsp3) is 0.756. The minimum absolute atomic E-state index is 0.00963. The van der Waals surface area contributed by atoms with Crippen molar-refractivity contribution in [2.45, 2.75) is 145 Å². The van der Waals surface area contributed by atoms with E-state index in [0.717, 1.165) is 81.9 Å². The highest BCUT2D eigenvalue weighted by atomic mass is 19.4. The summed E-state index contributed by atoms with van der Waals surface area (Å²) in [4.78, 5) is 39.2. The first-order valence-corrected chi connectivity index (χ1v) is 20.4. The van der Waals surface area contributed by atoms with E-state index in [4.69, 9.17) is 9.47 Å². The Bertz CT molecular complexity index is 1660.